The Morgan fingerprint density at radius 3 is 2.93 bits per heavy atom. The highest BCUT2D eigenvalue weighted by Crippen LogP contribution is 2.14. The van der Waals surface area contributed by atoms with Gasteiger partial charge in [-0.15, -0.1) is 0 Å². The van der Waals surface area contributed by atoms with E-state index in [0.717, 1.165) is 11.1 Å². The zero-order valence-electron chi connectivity index (χ0n) is 7.22. The van der Waals surface area contributed by atoms with Gasteiger partial charge in [-0.05, 0) is 0 Å². The number of aromatic nitrogens is 4. The smallest absolute Gasteiger partial charge is 0.287 e. The summed E-state index contributed by atoms with van der Waals surface area (Å²) in [5.74, 6) is 0.336. The van der Waals surface area contributed by atoms with Crippen LogP contribution in [0.25, 0.3) is 0 Å². The van der Waals surface area contributed by atoms with Gasteiger partial charge in [-0.3, -0.25) is 4.79 Å². The third-order valence-corrected chi connectivity index (χ3v) is 2.39. The largest absolute Gasteiger partial charge is 0.343 e. The lowest BCUT2D eigenvalue weighted by Crippen LogP contribution is -2.24. The Bertz CT molecular complexity index is 522. The first-order valence-electron chi connectivity index (χ1n) is 3.85. The van der Waals surface area contributed by atoms with Crippen molar-refractivity contribution in [2.45, 2.75) is 6.54 Å². The number of hydrogen-bond acceptors (Lipinski definition) is 5. The van der Waals surface area contributed by atoms with Crippen LogP contribution in [-0.2, 0) is 6.54 Å². The lowest BCUT2D eigenvalue weighted by atomic mass is 10.5. The molecule has 0 aromatic carbocycles. The van der Waals surface area contributed by atoms with E-state index in [-0.39, 0.29) is 16.6 Å². The molecular formula is C7H4Cl2N4O2. The zero-order valence-corrected chi connectivity index (χ0v) is 8.73. The van der Waals surface area contributed by atoms with E-state index in [9.17, 15) is 4.79 Å². The second kappa shape index (κ2) is 4.00. The highest BCUT2D eigenvalue weighted by molar-refractivity contribution is 6.41. The molecule has 0 aliphatic heterocycles. The van der Waals surface area contributed by atoms with Crippen molar-refractivity contribution in [3.63, 3.8) is 0 Å². The van der Waals surface area contributed by atoms with Crippen molar-refractivity contribution in [1.82, 2.24) is 19.9 Å². The van der Waals surface area contributed by atoms with E-state index in [2.05, 4.69) is 19.8 Å². The van der Waals surface area contributed by atoms with Gasteiger partial charge in [-0.1, -0.05) is 28.4 Å². The Labute approximate surface area is 93.4 Å². The summed E-state index contributed by atoms with van der Waals surface area (Å²) in [6.07, 6.45) is 2.45. The molecule has 2 rings (SSSR count). The summed E-state index contributed by atoms with van der Waals surface area (Å²) in [4.78, 5) is 15.3. The molecule has 0 unspecified atom stereocenters. The lowest BCUT2D eigenvalue weighted by Gasteiger charge is -2.01. The lowest BCUT2D eigenvalue weighted by molar-refractivity contribution is 0.406. The normalized spacial score (nSPS) is 10.5. The van der Waals surface area contributed by atoms with Crippen molar-refractivity contribution in [2.75, 3.05) is 0 Å². The monoisotopic (exact) mass is 246 g/mol. The third-order valence-electron chi connectivity index (χ3n) is 1.64. The molecule has 0 atom stereocenters. The average molecular weight is 247 g/mol. The standard InChI is InChI=1S/C7H4Cl2N4O2/c8-4-1-11-13(7(14)6(4)9)2-5-10-3-15-12-5/h1,3H,2H2. The van der Waals surface area contributed by atoms with Crippen molar-refractivity contribution in [3.8, 4) is 0 Å². The Balaban J connectivity index is 2.38. The minimum Gasteiger partial charge on any atom is -0.343 e. The SMILES string of the molecule is O=c1c(Cl)c(Cl)cnn1Cc1ncon1. The maximum atomic E-state index is 11.5. The Morgan fingerprint density at radius 2 is 2.27 bits per heavy atom. The topological polar surface area (TPSA) is 73.8 Å². The molecule has 0 fully saturated rings. The van der Waals surface area contributed by atoms with Crippen LogP contribution in [0.5, 0.6) is 0 Å². The van der Waals surface area contributed by atoms with Crippen LogP contribution in [0.3, 0.4) is 0 Å². The van der Waals surface area contributed by atoms with Crippen LogP contribution < -0.4 is 5.56 Å². The molecule has 2 aromatic rings. The molecule has 2 aromatic heterocycles. The molecule has 0 bridgehead atoms. The second-order valence-electron chi connectivity index (χ2n) is 2.62. The van der Waals surface area contributed by atoms with Crippen LogP contribution in [0.2, 0.25) is 10.0 Å². The van der Waals surface area contributed by atoms with Crippen LogP contribution in [0, 0.1) is 0 Å². The van der Waals surface area contributed by atoms with E-state index in [0.29, 0.717) is 5.82 Å². The fraction of sp³-hybridized carbons (Fsp3) is 0.143. The molecule has 0 saturated carbocycles. The van der Waals surface area contributed by atoms with Gasteiger partial charge >= 0.3 is 0 Å². The maximum absolute atomic E-state index is 11.5. The molecule has 0 aliphatic carbocycles. The van der Waals surface area contributed by atoms with Crippen molar-refractivity contribution < 1.29 is 4.52 Å². The van der Waals surface area contributed by atoms with Gasteiger partial charge in [0.15, 0.2) is 5.82 Å². The van der Waals surface area contributed by atoms with Crippen LogP contribution in [0.1, 0.15) is 5.82 Å². The molecule has 0 N–H and O–H groups in total. The number of halogens is 2. The zero-order chi connectivity index (χ0) is 10.8. The van der Waals surface area contributed by atoms with Gasteiger partial charge in [0.25, 0.3) is 5.56 Å². The fourth-order valence-corrected chi connectivity index (χ4v) is 1.22. The van der Waals surface area contributed by atoms with Gasteiger partial charge in [0.2, 0.25) is 6.39 Å². The van der Waals surface area contributed by atoms with Gasteiger partial charge in [-0.2, -0.15) is 10.1 Å². The average Bonchev–Trinajstić information content (AvgIpc) is 2.72. The molecule has 0 amide bonds. The molecule has 78 valence electrons. The molecule has 8 heteroatoms. The highest BCUT2D eigenvalue weighted by Gasteiger charge is 2.09. The van der Waals surface area contributed by atoms with Crippen LogP contribution in [-0.4, -0.2) is 19.9 Å². The first kappa shape index (κ1) is 10.1. The first-order chi connectivity index (χ1) is 7.18. The van der Waals surface area contributed by atoms with Gasteiger partial charge < -0.3 is 4.52 Å². The van der Waals surface area contributed by atoms with E-state index >= 15 is 0 Å². The van der Waals surface area contributed by atoms with Crippen molar-refractivity contribution >= 4 is 23.2 Å². The molecule has 0 saturated heterocycles. The summed E-state index contributed by atoms with van der Waals surface area (Å²) in [5, 5.41) is 7.37. The molecule has 0 radical (unpaired) electrons. The van der Waals surface area contributed by atoms with Crippen LogP contribution in [0.15, 0.2) is 21.9 Å². The quantitative estimate of drug-likeness (QED) is 0.790. The summed E-state index contributed by atoms with van der Waals surface area (Å²) < 4.78 is 5.61. The third kappa shape index (κ3) is 2.00. The van der Waals surface area contributed by atoms with E-state index in [1.807, 2.05) is 0 Å². The van der Waals surface area contributed by atoms with E-state index in [1.165, 1.54) is 6.20 Å². The molecule has 2 heterocycles. The summed E-state index contributed by atoms with van der Waals surface area (Å²) >= 11 is 11.3. The van der Waals surface area contributed by atoms with Crippen molar-refractivity contribution in [2.24, 2.45) is 0 Å². The summed E-state index contributed by atoms with van der Waals surface area (Å²) in [7, 11) is 0. The van der Waals surface area contributed by atoms with E-state index in [4.69, 9.17) is 23.2 Å². The Morgan fingerprint density at radius 1 is 1.47 bits per heavy atom. The predicted molar refractivity (Wildman–Crippen MR) is 51.9 cm³/mol. The molecule has 0 aliphatic rings. The highest BCUT2D eigenvalue weighted by atomic mass is 35.5. The maximum Gasteiger partial charge on any atom is 0.287 e. The number of rotatable bonds is 2. The molecule has 6 nitrogen and oxygen atoms in total. The first-order valence-corrected chi connectivity index (χ1v) is 4.60. The van der Waals surface area contributed by atoms with Crippen molar-refractivity contribution in [1.29, 1.82) is 0 Å². The van der Waals surface area contributed by atoms with Gasteiger partial charge in [-0.25, -0.2) is 4.68 Å². The van der Waals surface area contributed by atoms with Gasteiger partial charge in [0.1, 0.15) is 11.6 Å². The summed E-state index contributed by atoms with van der Waals surface area (Å²) in [5.41, 5.74) is -0.492. The Hall–Kier alpha value is -1.40. The molecular weight excluding hydrogens is 243 g/mol. The summed E-state index contributed by atoms with van der Waals surface area (Å²) in [6, 6.07) is 0. The van der Waals surface area contributed by atoms with Gasteiger partial charge in [0, 0.05) is 0 Å². The predicted octanol–water partition coefficient (Wildman–Crippen LogP) is 0.981. The van der Waals surface area contributed by atoms with Crippen LogP contribution in [0.4, 0.5) is 0 Å². The second-order valence-corrected chi connectivity index (χ2v) is 3.40. The fourth-order valence-electron chi connectivity index (χ4n) is 0.954. The Kier molecular flexibility index (Phi) is 2.70. The van der Waals surface area contributed by atoms with Gasteiger partial charge in [0.05, 0.1) is 11.2 Å². The minimum atomic E-state index is -0.492. The summed E-state index contributed by atoms with van der Waals surface area (Å²) in [6.45, 7) is 0.0895. The van der Waals surface area contributed by atoms with Crippen LogP contribution >= 0.6 is 23.2 Å². The molecule has 0 spiro atoms. The van der Waals surface area contributed by atoms with Crippen molar-refractivity contribution in [3.05, 3.63) is 38.8 Å². The number of hydrogen-bond donors (Lipinski definition) is 0. The molecule has 15 heavy (non-hydrogen) atoms. The number of nitrogens with zero attached hydrogens (tertiary/aromatic N) is 4. The minimum absolute atomic E-state index is 0.0739. The van der Waals surface area contributed by atoms with E-state index in [1.54, 1.807) is 0 Å². The van der Waals surface area contributed by atoms with E-state index < -0.39 is 5.56 Å².